The van der Waals surface area contributed by atoms with Crippen molar-refractivity contribution in [2.24, 2.45) is 0 Å². The Bertz CT molecular complexity index is 110. The molecule has 0 amide bonds. The molecule has 0 heterocycles. The quantitative estimate of drug-likeness (QED) is 0.591. The van der Waals surface area contributed by atoms with E-state index in [1.807, 2.05) is 0 Å². The van der Waals surface area contributed by atoms with E-state index in [4.69, 9.17) is 4.74 Å². The van der Waals surface area contributed by atoms with Crippen molar-refractivity contribution < 1.29 is 4.74 Å². The first-order valence-corrected chi connectivity index (χ1v) is 4.60. The van der Waals surface area contributed by atoms with Gasteiger partial charge in [0.15, 0.2) is 0 Å². The van der Waals surface area contributed by atoms with Crippen LogP contribution in [0.2, 0.25) is 0 Å². The van der Waals surface area contributed by atoms with Crippen LogP contribution in [0.25, 0.3) is 0 Å². The van der Waals surface area contributed by atoms with Crippen LogP contribution in [0.3, 0.4) is 0 Å². The Labute approximate surface area is 69.3 Å². The SMILES string of the molecule is CCCOCCNC1(C)CC1. The Kier molecular flexibility index (Phi) is 3.34. The summed E-state index contributed by atoms with van der Waals surface area (Å²) in [5, 5.41) is 3.47. The molecule has 0 saturated heterocycles. The van der Waals surface area contributed by atoms with Crippen molar-refractivity contribution >= 4 is 0 Å². The molecule has 1 rings (SSSR count). The maximum Gasteiger partial charge on any atom is 0.0591 e. The molecule has 0 atom stereocenters. The number of hydrogen-bond acceptors (Lipinski definition) is 2. The first-order chi connectivity index (χ1) is 5.27. The standard InChI is InChI=1S/C9H19NO/c1-3-7-11-8-6-10-9(2)4-5-9/h10H,3-8H2,1-2H3. The Morgan fingerprint density at radius 1 is 1.36 bits per heavy atom. The lowest BCUT2D eigenvalue weighted by molar-refractivity contribution is 0.134. The molecule has 2 heteroatoms. The molecule has 0 aromatic carbocycles. The molecule has 0 unspecified atom stereocenters. The van der Waals surface area contributed by atoms with Crippen LogP contribution in [0.15, 0.2) is 0 Å². The van der Waals surface area contributed by atoms with Gasteiger partial charge in [-0.1, -0.05) is 6.92 Å². The average molecular weight is 157 g/mol. The van der Waals surface area contributed by atoms with Crippen molar-refractivity contribution in [1.82, 2.24) is 5.32 Å². The van der Waals surface area contributed by atoms with Crippen molar-refractivity contribution in [3.05, 3.63) is 0 Å². The lowest BCUT2D eigenvalue weighted by Crippen LogP contribution is -2.31. The first-order valence-electron chi connectivity index (χ1n) is 4.60. The summed E-state index contributed by atoms with van der Waals surface area (Å²) in [6, 6.07) is 0. The van der Waals surface area contributed by atoms with Crippen LogP contribution in [-0.2, 0) is 4.74 Å². The highest BCUT2D eigenvalue weighted by molar-refractivity contribution is 4.97. The van der Waals surface area contributed by atoms with Crippen LogP contribution in [0.1, 0.15) is 33.1 Å². The largest absolute Gasteiger partial charge is 0.380 e. The molecule has 1 fully saturated rings. The zero-order valence-electron chi connectivity index (χ0n) is 7.65. The second-order valence-electron chi connectivity index (χ2n) is 3.60. The van der Waals surface area contributed by atoms with Crippen LogP contribution in [0.5, 0.6) is 0 Å². The van der Waals surface area contributed by atoms with E-state index in [1.54, 1.807) is 0 Å². The fourth-order valence-corrected chi connectivity index (χ4v) is 1.04. The fraction of sp³-hybridized carbons (Fsp3) is 1.00. The van der Waals surface area contributed by atoms with Crippen molar-refractivity contribution in [2.45, 2.75) is 38.6 Å². The van der Waals surface area contributed by atoms with Gasteiger partial charge in [-0.05, 0) is 26.2 Å². The van der Waals surface area contributed by atoms with Crippen LogP contribution < -0.4 is 5.32 Å². The predicted octanol–water partition coefficient (Wildman–Crippen LogP) is 1.56. The zero-order valence-corrected chi connectivity index (χ0v) is 7.65. The highest BCUT2D eigenvalue weighted by atomic mass is 16.5. The van der Waals surface area contributed by atoms with Gasteiger partial charge in [-0.2, -0.15) is 0 Å². The van der Waals surface area contributed by atoms with Gasteiger partial charge in [0.25, 0.3) is 0 Å². The summed E-state index contributed by atoms with van der Waals surface area (Å²) in [4.78, 5) is 0. The molecule has 0 aromatic heterocycles. The lowest BCUT2D eigenvalue weighted by Gasteiger charge is -2.10. The van der Waals surface area contributed by atoms with Crippen LogP contribution in [0.4, 0.5) is 0 Å². The molecular formula is C9H19NO. The number of ether oxygens (including phenoxy) is 1. The molecule has 0 aromatic rings. The van der Waals surface area contributed by atoms with E-state index in [0.717, 1.165) is 26.2 Å². The Morgan fingerprint density at radius 3 is 2.64 bits per heavy atom. The van der Waals surface area contributed by atoms with Gasteiger partial charge in [-0.25, -0.2) is 0 Å². The maximum atomic E-state index is 5.34. The van der Waals surface area contributed by atoms with E-state index in [-0.39, 0.29) is 0 Å². The Balaban J connectivity index is 1.81. The van der Waals surface area contributed by atoms with Crippen LogP contribution >= 0.6 is 0 Å². The fourth-order valence-electron chi connectivity index (χ4n) is 1.04. The van der Waals surface area contributed by atoms with Crippen molar-refractivity contribution in [3.8, 4) is 0 Å². The van der Waals surface area contributed by atoms with Gasteiger partial charge >= 0.3 is 0 Å². The van der Waals surface area contributed by atoms with Crippen molar-refractivity contribution in [2.75, 3.05) is 19.8 Å². The third kappa shape index (κ3) is 3.73. The molecule has 1 aliphatic rings. The normalized spacial score (nSPS) is 20.2. The van der Waals surface area contributed by atoms with E-state index < -0.39 is 0 Å². The van der Waals surface area contributed by atoms with Crippen LogP contribution in [-0.4, -0.2) is 25.3 Å². The Hall–Kier alpha value is -0.0800. The number of rotatable bonds is 6. The molecule has 0 bridgehead atoms. The monoisotopic (exact) mass is 157 g/mol. The minimum absolute atomic E-state index is 0.468. The minimum Gasteiger partial charge on any atom is -0.380 e. The molecule has 1 N–H and O–H groups in total. The molecule has 2 nitrogen and oxygen atoms in total. The van der Waals surface area contributed by atoms with Gasteiger partial charge in [0, 0.05) is 18.7 Å². The van der Waals surface area contributed by atoms with Gasteiger partial charge in [-0.15, -0.1) is 0 Å². The zero-order chi connectivity index (χ0) is 8.16. The molecule has 1 saturated carbocycles. The van der Waals surface area contributed by atoms with E-state index in [9.17, 15) is 0 Å². The summed E-state index contributed by atoms with van der Waals surface area (Å²) in [6.07, 6.45) is 3.79. The van der Waals surface area contributed by atoms with Gasteiger partial charge in [0.05, 0.1) is 6.61 Å². The Morgan fingerprint density at radius 2 is 2.09 bits per heavy atom. The number of hydrogen-bond donors (Lipinski definition) is 1. The maximum absolute atomic E-state index is 5.34. The molecule has 11 heavy (non-hydrogen) atoms. The summed E-state index contributed by atoms with van der Waals surface area (Å²) < 4.78 is 5.34. The lowest BCUT2D eigenvalue weighted by atomic mass is 10.3. The topological polar surface area (TPSA) is 21.3 Å². The molecule has 0 radical (unpaired) electrons. The summed E-state index contributed by atoms with van der Waals surface area (Å²) in [5.41, 5.74) is 0.468. The van der Waals surface area contributed by atoms with E-state index >= 15 is 0 Å². The highest BCUT2D eigenvalue weighted by Gasteiger charge is 2.35. The van der Waals surface area contributed by atoms with Gasteiger partial charge in [0.1, 0.15) is 0 Å². The summed E-state index contributed by atoms with van der Waals surface area (Å²) in [5.74, 6) is 0. The predicted molar refractivity (Wildman–Crippen MR) is 46.8 cm³/mol. The minimum atomic E-state index is 0.468. The van der Waals surface area contributed by atoms with Gasteiger partial charge in [0.2, 0.25) is 0 Å². The summed E-state index contributed by atoms with van der Waals surface area (Å²) in [6.45, 7) is 7.18. The van der Waals surface area contributed by atoms with E-state index in [1.165, 1.54) is 12.8 Å². The van der Waals surface area contributed by atoms with Gasteiger partial charge < -0.3 is 10.1 Å². The summed E-state index contributed by atoms with van der Waals surface area (Å²) in [7, 11) is 0. The first kappa shape index (κ1) is 9.01. The van der Waals surface area contributed by atoms with E-state index in [0.29, 0.717) is 5.54 Å². The second-order valence-corrected chi connectivity index (χ2v) is 3.60. The van der Waals surface area contributed by atoms with E-state index in [2.05, 4.69) is 19.2 Å². The van der Waals surface area contributed by atoms with Gasteiger partial charge in [-0.3, -0.25) is 0 Å². The third-order valence-corrected chi connectivity index (χ3v) is 2.15. The second kappa shape index (κ2) is 4.07. The average Bonchev–Trinajstić information content (AvgIpc) is 2.69. The molecule has 0 aliphatic heterocycles. The smallest absolute Gasteiger partial charge is 0.0591 e. The van der Waals surface area contributed by atoms with Crippen molar-refractivity contribution in [3.63, 3.8) is 0 Å². The number of nitrogens with one attached hydrogen (secondary N) is 1. The van der Waals surface area contributed by atoms with Crippen molar-refractivity contribution in [1.29, 1.82) is 0 Å². The summed E-state index contributed by atoms with van der Waals surface area (Å²) >= 11 is 0. The molecule has 1 aliphatic carbocycles. The van der Waals surface area contributed by atoms with Crippen LogP contribution in [0, 0.1) is 0 Å². The highest BCUT2D eigenvalue weighted by Crippen LogP contribution is 2.33. The third-order valence-electron chi connectivity index (χ3n) is 2.15. The molecule has 0 spiro atoms. The molecular weight excluding hydrogens is 138 g/mol. The molecule has 66 valence electrons.